The zero-order chi connectivity index (χ0) is 15.4. The smallest absolute Gasteiger partial charge is 0.411 e. The van der Waals surface area contributed by atoms with E-state index in [1.165, 1.54) is 0 Å². The number of cyclic esters (lactones) is 1. The normalized spacial score (nSPS) is 17.5. The van der Waals surface area contributed by atoms with Crippen LogP contribution in [0.3, 0.4) is 0 Å². The van der Waals surface area contributed by atoms with E-state index in [2.05, 4.69) is 11.9 Å². The molecule has 1 aliphatic rings. The van der Waals surface area contributed by atoms with Crippen LogP contribution < -0.4 is 5.32 Å². The number of nitrogens with one attached hydrogen (secondary N) is 1. The monoisotopic (exact) mass is 297 g/mol. The number of esters is 1. The quantitative estimate of drug-likeness (QED) is 0.685. The predicted molar refractivity (Wildman–Crippen MR) is 69.5 cm³/mol. The van der Waals surface area contributed by atoms with Crippen LogP contribution in [0, 0.1) is 17.6 Å². The number of carbonyl (C=O) groups is 2. The first-order chi connectivity index (χ1) is 9.97. The Balaban J connectivity index is 1.77. The molecule has 0 aliphatic carbocycles. The van der Waals surface area contributed by atoms with E-state index in [4.69, 9.17) is 9.47 Å². The molecule has 5 nitrogen and oxygen atoms in total. The van der Waals surface area contributed by atoms with Gasteiger partial charge in [0.05, 0.1) is 18.9 Å². The third-order valence-electron chi connectivity index (χ3n) is 3.04. The molecule has 1 fully saturated rings. The lowest BCUT2D eigenvalue weighted by Gasteiger charge is -2.10. The van der Waals surface area contributed by atoms with Crippen molar-refractivity contribution in [2.75, 3.05) is 18.5 Å². The molecular weight excluding hydrogens is 284 g/mol. The van der Waals surface area contributed by atoms with Gasteiger partial charge in [-0.2, -0.15) is 0 Å². The lowest BCUT2D eigenvalue weighted by atomic mass is 10.0. The first kappa shape index (κ1) is 15.0. The fraction of sp³-hybridized carbons (Fsp3) is 0.286. The molecule has 1 amide bonds. The van der Waals surface area contributed by atoms with Crippen molar-refractivity contribution in [2.24, 2.45) is 5.92 Å². The van der Waals surface area contributed by atoms with Crippen molar-refractivity contribution < 1.29 is 27.8 Å². The zero-order valence-electron chi connectivity index (χ0n) is 11.0. The Bertz CT molecular complexity index is 588. The van der Waals surface area contributed by atoms with Gasteiger partial charge in [-0.05, 0) is 18.6 Å². The molecule has 1 N–H and O–H groups in total. The third-order valence-corrected chi connectivity index (χ3v) is 3.04. The molecular formula is C14H13F2NO4. The number of benzene rings is 1. The number of anilines is 1. The van der Waals surface area contributed by atoms with Gasteiger partial charge in [0.1, 0.15) is 11.6 Å². The van der Waals surface area contributed by atoms with Crippen LogP contribution in [0.4, 0.5) is 19.3 Å². The van der Waals surface area contributed by atoms with E-state index < -0.39 is 23.7 Å². The predicted octanol–water partition coefficient (Wildman–Crippen LogP) is 2.63. The van der Waals surface area contributed by atoms with Crippen LogP contribution in [0.15, 0.2) is 30.4 Å². The molecule has 0 spiro atoms. The Labute approximate surface area is 119 Å². The summed E-state index contributed by atoms with van der Waals surface area (Å²) in [7, 11) is 0. The number of hydrogen-bond acceptors (Lipinski definition) is 4. The largest absolute Gasteiger partial charge is 0.462 e. The highest BCUT2D eigenvalue weighted by molar-refractivity contribution is 5.90. The van der Waals surface area contributed by atoms with E-state index in [-0.39, 0.29) is 24.8 Å². The first-order valence-corrected chi connectivity index (χ1v) is 6.22. The van der Waals surface area contributed by atoms with Crippen molar-refractivity contribution in [1.29, 1.82) is 0 Å². The maximum atomic E-state index is 13.3. The first-order valence-electron chi connectivity index (χ1n) is 6.22. The molecule has 21 heavy (non-hydrogen) atoms. The molecule has 0 unspecified atom stereocenters. The van der Waals surface area contributed by atoms with Crippen LogP contribution in [0.2, 0.25) is 0 Å². The molecule has 0 saturated carbocycles. The minimum Gasteiger partial charge on any atom is -0.462 e. The molecule has 7 heteroatoms. The standard InChI is InChI=1S/C14H13F2NO4/c1-8-9(7-21-13(8)18)4-5-20-14(19)17-12-3-2-10(15)6-11(12)16/h2-3,6,9H,1,4-5,7H2,(H,17,19)/t9-/m0/s1. The summed E-state index contributed by atoms with van der Waals surface area (Å²) in [6.07, 6.45) is -0.486. The number of hydrogen-bond donors (Lipinski definition) is 1. The second kappa shape index (κ2) is 6.34. The highest BCUT2D eigenvalue weighted by atomic mass is 19.1. The van der Waals surface area contributed by atoms with Gasteiger partial charge in [0.25, 0.3) is 0 Å². The Morgan fingerprint density at radius 1 is 1.48 bits per heavy atom. The highest BCUT2D eigenvalue weighted by Gasteiger charge is 2.28. The second-order valence-corrected chi connectivity index (χ2v) is 4.49. The zero-order valence-corrected chi connectivity index (χ0v) is 11.0. The van der Waals surface area contributed by atoms with Gasteiger partial charge in [-0.15, -0.1) is 0 Å². The second-order valence-electron chi connectivity index (χ2n) is 4.49. The molecule has 0 bridgehead atoms. The van der Waals surface area contributed by atoms with Gasteiger partial charge in [-0.25, -0.2) is 18.4 Å². The summed E-state index contributed by atoms with van der Waals surface area (Å²) < 4.78 is 35.6. The lowest BCUT2D eigenvalue weighted by Crippen LogP contribution is -2.17. The molecule has 112 valence electrons. The van der Waals surface area contributed by atoms with E-state index in [1.807, 2.05) is 0 Å². The molecule has 1 heterocycles. The fourth-order valence-electron chi connectivity index (χ4n) is 1.82. The molecule has 0 radical (unpaired) electrons. The van der Waals surface area contributed by atoms with E-state index in [9.17, 15) is 18.4 Å². The summed E-state index contributed by atoms with van der Waals surface area (Å²) in [6.45, 7) is 3.83. The molecule has 2 rings (SSSR count). The Morgan fingerprint density at radius 2 is 2.24 bits per heavy atom. The van der Waals surface area contributed by atoms with E-state index in [1.54, 1.807) is 0 Å². The van der Waals surface area contributed by atoms with Gasteiger partial charge < -0.3 is 9.47 Å². The highest BCUT2D eigenvalue weighted by Crippen LogP contribution is 2.22. The van der Waals surface area contributed by atoms with Crippen molar-refractivity contribution in [1.82, 2.24) is 0 Å². The summed E-state index contributed by atoms with van der Waals surface area (Å²) in [5.41, 5.74) is 0.175. The molecule has 1 aliphatic heterocycles. The minimum atomic E-state index is -0.893. The van der Waals surface area contributed by atoms with Crippen LogP contribution in [0.25, 0.3) is 0 Å². The summed E-state index contributed by atoms with van der Waals surface area (Å²) in [6, 6.07) is 2.77. The SMILES string of the molecule is C=C1C(=O)OC[C@@H]1CCOC(=O)Nc1ccc(F)cc1F. The van der Waals surface area contributed by atoms with E-state index >= 15 is 0 Å². The lowest BCUT2D eigenvalue weighted by molar-refractivity contribution is -0.135. The van der Waals surface area contributed by atoms with Gasteiger partial charge in [0.2, 0.25) is 0 Å². The van der Waals surface area contributed by atoms with Crippen LogP contribution in [0.1, 0.15) is 6.42 Å². The number of carbonyl (C=O) groups excluding carboxylic acids is 2. The summed E-state index contributed by atoms with van der Waals surface area (Å²) >= 11 is 0. The van der Waals surface area contributed by atoms with Crippen LogP contribution in [-0.2, 0) is 14.3 Å². The van der Waals surface area contributed by atoms with Gasteiger partial charge in [-0.1, -0.05) is 6.58 Å². The fourth-order valence-corrected chi connectivity index (χ4v) is 1.82. The number of rotatable bonds is 4. The van der Waals surface area contributed by atoms with Gasteiger partial charge in [-0.3, -0.25) is 5.32 Å². The molecule has 0 aromatic heterocycles. The molecule has 1 saturated heterocycles. The van der Waals surface area contributed by atoms with Crippen LogP contribution in [-0.4, -0.2) is 25.3 Å². The summed E-state index contributed by atoms with van der Waals surface area (Å²) in [5, 5.41) is 2.16. The molecule has 1 aromatic rings. The van der Waals surface area contributed by atoms with E-state index in [0.29, 0.717) is 18.1 Å². The number of ether oxygens (including phenoxy) is 2. The van der Waals surface area contributed by atoms with E-state index in [0.717, 1.165) is 12.1 Å². The topological polar surface area (TPSA) is 64.6 Å². The Kier molecular flexibility index (Phi) is 4.52. The number of amides is 1. The molecule has 1 atom stereocenters. The molecule has 1 aromatic carbocycles. The van der Waals surface area contributed by atoms with Crippen molar-refractivity contribution in [3.05, 3.63) is 42.0 Å². The summed E-state index contributed by atoms with van der Waals surface area (Å²) in [5.74, 6) is -2.27. The summed E-state index contributed by atoms with van der Waals surface area (Å²) in [4.78, 5) is 22.5. The third kappa shape index (κ3) is 3.77. The van der Waals surface area contributed by atoms with Gasteiger partial charge in [0.15, 0.2) is 0 Å². The van der Waals surface area contributed by atoms with Gasteiger partial charge in [0, 0.05) is 17.6 Å². The van der Waals surface area contributed by atoms with Crippen molar-refractivity contribution in [3.63, 3.8) is 0 Å². The Morgan fingerprint density at radius 3 is 2.86 bits per heavy atom. The maximum Gasteiger partial charge on any atom is 0.411 e. The number of halogens is 2. The Hall–Kier alpha value is -2.44. The average molecular weight is 297 g/mol. The van der Waals surface area contributed by atoms with Crippen LogP contribution in [0.5, 0.6) is 0 Å². The van der Waals surface area contributed by atoms with Crippen LogP contribution >= 0.6 is 0 Å². The average Bonchev–Trinajstić information content (AvgIpc) is 2.74. The maximum absolute atomic E-state index is 13.3. The van der Waals surface area contributed by atoms with Crippen molar-refractivity contribution in [2.45, 2.75) is 6.42 Å². The van der Waals surface area contributed by atoms with Crippen molar-refractivity contribution >= 4 is 17.7 Å². The van der Waals surface area contributed by atoms with Crippen molar-refractivity contribution in [3.8, 4) is 0 Å². The van der Waals surface area contributed by atoms with Gasteiger partial charge >= 0.3 is 12.1 Å². The minimum absolute atomic E-state index is 0.0228.